The Balaban J connectivity index is 2.38. The third-order valence-corrected chi connectivity index (χ3v) is 4.79. The van der Waals surface area contributed by atoms with E-state index in [4.69, 9.17) is 5.73 Å². The third-order valence-electron chi connectivity index (χ3n) is 2.51. The van der Waals surface area contributed by atoms with Crippen molar-refractivity contribution in [2.75, 3.05) is 10.5 Å². The molecule has 0 aliphatic carbocycles. The van der Waals surface area contributed by atoms with Gasteiger partial charge in [-0.05, 0) is 12.1 Å². The number of nitrogens with one attached hydrogen (secondary N) is 1. The number of aromatic nitrogens is 2. The quantitative estimate of drug-likeness (QED) is 0.818. The number of hydrogen-bond donors (Lipinski definition) is 2. The molecular weight excluding hydrogens is 322 g/mol. The molecule has 1 aromatic heterocycles. The number of rotatable bonds is 5. The maximum Gasteiger partial charge on any atom is 0.288 e. The second-order valence-electron chi connectivity index (χ2n) is 4.03. The number of imidazole rings is 1. The van der Waals surface area contributed by atoms with Crippen LogP contribution in [-0.2, 0) is 17.1 Å². The lowest BCUT2D eigenvalue weighted by Gasteiger charge is -2.12. The number of nitrogens with zero attached hydrogens (tertiary/aromatic N) is 2. The maximum absolute atomic E-state index is 12.5. The van der Waals surface area contributed by atoms with Gasteiger partial charge in [0.15, 0.2) is 10.8 Å². The van der Waals surface area contributed by atoms with Gasteiger partial charge in [0.1, 0.15) is 0 Å². The van der Waals surface area contributed by atoms with Gasteiger partial charge in [0, 0.05) is 11.9 Å². The predicted octanol–water partition coefficient (Wildman–Crippen LogP) is 2.12. The van der Waals surface area contributed by atoms with E-state index in [1.54, 1.807) is 12.1 Å². The first-order valence-corrected chi connectivity index (χ1v) is 8.01. The van der Waals surface area contributed by atoms with Crippen molar-refractivity contribution in [3.63, 3.8) is 0 Å². The van der Waals surface area contributed by atoms with E-state index < -0.39 is 15.8 Å². The lowest BCUT2D eigenvalue weighted by Crippen LogP contribution is -2.18. The molecule has 10 heteroatoms. The molecule has 0 unspecified atom stereocenters. The van der Waals surface area contributed by atoms with Crippen LogP contribution in [0.1, 0.15) is 0 Å². The minimum Gasteiger partial charge on any atom is -0.381 e. The number of halogens is 2. The fourth-order valence-corrected chi connectivity index (χ4v) is 3.69. The Labute approximate surface area is 124 Å². The normalized spacial score (nSPS) is 11.8. The van der Waals surface area contributed by atoms with E-state index in [1.807, 2.05) is 0 Å². The molecule has 1 heterocycles. The molecule has 6 nitrogen and oxygen atoms in total. The van der Waals surface area contributed by atoms with Gasteiger partial charge in [-0.2, -0.15) is 17.2 Å². The standard InChI is InChI=1S/C11H12F2N4O2S2/c1-17-6-15-9(14)10(17)21(18,19)16-7-4-2-3-5-8(7)20-11(12)13/h2-6,11,16H,14H2,1H3. The maximum atomic E-state index is 12.5. The summed E-state index contributed by atoms with van der Waals surface area (Å²) in [6, 6.07) is 5.89. The Morgan fingerprint density at radius 2 is 2.05 bits per heavy atom. The first-order valence-electron chi connectivity index (χ1n) is 5.64. The Bertz CT molecular complexity index is 727. The molecule has 0 aliphatic rings. The Morgan fingerprint density at radius 3 is 2.62 bits per heavy atom. The number of anilines is 2. The van der Waals surface area contributed by atoms with Gasteiger partial charge in [-0.3, -0.25) is 4.72 Å². The molecule has 2 aromatic rings. The number of sulfonamides is 1. The highest BCUT2D eigenvalue weighted by atomic mass is 32.2. The zero-order valence-electron chi connectivity index (χ0n) is 10.8. The molecule has 1 aromatic carbocycles. The fourth-order valence-electron chi connectivity index (χ4n) is 1.71. The summed E-state index contributed by atoms with van der Waals surface area (Å²) in [6.45, 7) is 0. The van der Waals surface area contributed by atoms with Crippen molar-refractivity contribution < 1.29 is 17.2 Å². The van der Waals surface area contributed by atoms with Crippen molar-refractivity contribution in [1.29, 1.82) is 0 Å². The molecule has 0 fully saturated rings. The molecule has 0 bridgehead atoms. The van der Waals surface area contributed by atoms with Crippen LogP contribution in [-0.4, -0.2) is 23.7 Å². The first kappa shape index (κ1) is 15.6. The van der Waals surface area contributed by atoms with E-state index in [9.17, 15) is 17.2 Å². The van der Waals surface area contributed by atoms with Gasteiger partial charge in [0.05, 0.1) is 12.0 Å². The van der Waals surface area contributed by atoms with E-state index in [-0.39, 0.29) is 33.2 Å². The summed E-state index contributed by atoms with van der Waals surface area (Å²) in [5.74, 6) is -2.82. The summed E-state index contributed by atoms with van der Waals surface area (Å²) in [6.07, 6.45) is 1.25. The third kappa shape index (κ3) is 3.45. The number of aryl methyl sites for hydroxylation is 1. The molecule has 0 amide bonds. The number of thioether (sulfide) groups is 1. The van der Waals surface area contributed by atoms with E-state index in [2.05, 4.69) is 9.71 Å². The van der Waals surface area contributed by atoms with Crippen LogP contribution in [0.15, 0.2) is 40.5 Å². The van der Waals surface area contributed by atoms with Gasteiger partial charge in [0.2, 0.25) is 0 Å². The molecule has 0 atom stereocenters. The SMILES string of the molecule is Cn1cnc(N)c1S(=O)(=O)Nc1ccccc1SC(F)F. The minimum atomic E-state index is -4.02. The molecule has 0 spiro atoms. The summed E-state index contributed by atoms with van der Waals surface area (Å²) in [5, 5.41) is -0.223. The van der Waals surface area contributed by atoms with Crippen LogP contribution in [0.25, 0.3) is 0 Å². The van der Waals surface area contributed by atoms with Crippen molar-refractivity contribution in [2.24, 2.45) is 7.05 Å². The van der Waals surface area contributed by atoms with E-state index in [0.29, 0.717) is 0 Å². The molecule has 0 saturated heterocycles. The molecule has 21 heavy (non-hydrogen) atoms. The van der Waals surface area contributed by atoms with Crippen molar-refractivity contribution in [3.05, 3.63) is 30.6 Å². The molecule has 0 saturated carbocycles. The number of benzene rings is 1. The zero-order valence-corrected chi connectivity index (χ0v) is 12.5. The Morgan fingerprint density at radius 1 is 1.38 bits per heavy atom. The first-order chi connectivity index (χ1) is 9.81. The summed E-state index contributed by atoms with van der Waals surface area (Å²) in [7, 11) is -2.55. The van der Waals surface area contributed by atoms with Gasteiger partial charge in [-0.1, -0.05) is 23.9 Å². The number of alkyl halides is 2. The molecular formula is C11H12F2N4O2S2. The number of hydrogen-bond acceptors (Lipinski definition) is 5. The monoisotopic (exact) mass is 334 g/mol. The lowest BCUT2D eigenvalue weighted by molar-refractivity contribution is 0.252. The highest BCUT2D eigenvalue weighted by molar-refractivity contribution is 7.99. The van der Waals surface area contributed by atoms with E-state index >= 15 is 0 Å². The van der Waals surface area contributed by atoms with Crippen LogP contribution in [0.3, 0.4) is 0 Å². The van der Waals surface area contributed by atoms with E-state index in [1.165, 1.54) is 30.1 Å². The fraction of sp³-hybridized carbons (Fsp3) is 0.182. The van der Waals surface area contributed by atoms with Crippen LogP contribution in [0.5, 0.6) is 0 Å². The highest BCUT2D eigenvalue weighted by Crippen LogP contribution is 2.33. The largest absolute Gasteiger partial charge is 0.381 e. The van der Waals surface area contributed by atoms with Gasteiger partial charge in [0.25, 0.3) is 15.8 Å². The summed E-state index contributed by atoms with van der Waals surface area (Å²) >= 11 is 0.257. The van der Waals surface area contributed by atoms with Gasteiger partial charge < -0.3 is 10.3 Å². The summed E-state index contributed by atoms with van der Waals surface area (Å²) < 4.78 is 53.1. The van der Waals surface area contributed by atoms with E-state index in [0.717, 1.165) is 0 Å². The van der Waals surface area contributed by atoms with Crippen LogP contribution >= 0.6 is 11.8 Å². The van der Waals surface area contributed by atoms with Crippen LogP contribution in [0, 0.1) is 0 Å². The van der Waals surface area contributed by atoms with Gasteiger partial charge in [-0.15, -0.1) is 0 Å². The Kier molecular flexibility index (Phi) is 4.37. The highest BCUT2D eigenvalue weighted by Gasteiger charge is 2.24. The topological polar surface area (TPSA) is 90.0 Å². The number of nitrogens with two attached hydrogens (primary N) is 1. The molecule has 3 N–H and O–H groups in total. The van der Waals surface area contributed by atoms with Gasteiger partial charge in [-0.25, -0.2) is 4.98 Å². The second kappa shape index (κ2) is 5.90. The molecule has 0 radical (unpaired) electrons. The average molecular weight is 334 g/mol. The van der Waals surface area contributed by atoms with Crippen LogP contribution < -0.4 is 10.5 Å². The number of nitrogen functional groups attached to an aromatic ring is 1. The summed E-state index contributed by atoms with van der Waals surface area (Å²) in [5.41, 5.74) is 5.58. The van der Waals surface area contributed by atoms with Crippen molar-refractivity contribution in [3.8, 4) is 0 Å². The van der Waals surface area contributed by atoms with Crippen LogP contribution in [0.4, 0.5) is 20.3 Å². The Hall–Kier alpha value is -1.81. The zero-order chi connectivity index (χ0) is 15.6. The lowest BCUT2D eigenvalue weighted by atomic mass is 10.3. The number of para-hydroxylation sites is 1. The van der Waals surface area contributed by atoms with Crippen molar-refractivity contribution in [1.82, 2.24) is 9.55 Å². The smallest absolute Gasteiger partial charge is 0.288 e. The molecule has 114 valence electrons. The summed E-state index contributed by atoms with van der Waals surface area (Å²) in [4.78, 5) is 3.81. The van der Waals surface area contributed by atoms with Crippen molar-refractivity contribution >= 4 is 33.3 Å². The van der Waals surface area contributed by atoms with Crippen molar-refractivity contribution in [2.45, 2.75) is 15.7 Å². The van der Waals surface area contributed by atoms with Gasteiger partial charge >= 0.3 is 0 Å². The average Bonchev–Trinajstić information content (AvgIpc) is 2.71. The molecule has 0 aliphatic heterocycles. The minimum absolute atomic E-state index is 0.0587. The predicted molar refractivity (Wildman–Crippen MR) is 76.7 cm³/mol. The molecule has 2 rings (SSSR count). The van der Waals surface area contributed by atoms with Crippen LogP contribution in [0.2, 0.25) is 0 Å². The second-order valence-corrected chi connectivity index (χ2v) is 6.66.